The molecule has 3 heterocycles. The number of hydrogen-bond donors (Lipinski definition) is 2. The minimum Gasteiger partial charge on any atom is -0.495 e. The lowest BCUT2D eigenvalue weighted by Crippen LogP contribution is -2.29. The Labute approximate surface area is 180 Å². The van der Waals surface area contributed by atoms with E-state index in [4.69, 9.17) is 17.0 Å². The Morgan fingerprint density at radius 3 is 2.73 bits per heavy atom. The molecule has 1 aromatic carbocycles. The molecule has 0 saturated carbocycles. The first-order chi connectivity index (χ1) is 14.5. The van der Waals surface area contributed by atoms with Gasteiger partial charge in [-0.3, -0.25) is 9.78 Å². The molecule has 1 fully saturated rings. The number of ether oxygens (including phenoxy) is 1. The highest BCUT2D eigenvalue weighted by atomic mass is 32.1. The average Bonchev–Trinajstić information content (AvgIpc) is 3.31. The van der Waals surface area contributed by atoms with Gasteiger partial charge in [0.2, 0.25) is 5.91 Å². The topological polar surface area (TPSA) is 71.4 Å². The van der Waals surface area contributed by atoms with Gasteiger partial charge in [-0.2, -0.15) is 0 Å². The van der Waals surface area contributed by atoms with Crippen LogP contribution >= 0.6 is 12.2 Å². The van der Waals surface area contributed by atoms with E-state index in [9.17, 15) is 4.79 Å². The fourth-order valence-corrected chi connectivity index (χ4v) is 4.15. The molecule has 0 radical (unpaired) electrons. The molecule has 0 spiro atoms. The van der Waals surface area contributed by atoms with Gasteiger partial charge in [-0.1, -0.05) is 6.07 Å². The number of methoxy groups -OCH3 is 1. The summed E-state index contributed by atoms with van der Waals surface area (Å²) >= 11 is 5.74. The lowest BCUT2D eigenvalue weighted by molar-refractivity contribution is -0.114. The fourth-order valence-electron chi connectivity index (χ4n) is 3.80. The zero-order valence-electron chi connectivity index (χ0n) is 17.0. The maximum absolute atomic E-state index is 11.7. The summed E-state index contributed by atoms with van der Waals surface area (Å²) in [5.74, 6) is 0.420. The highest BCUT2D eigenvalue weighted by molar-refractivity contribution is 7.80. The number of anilines is 2. The van der Waals surface area contributed by atoms with Gasteiger partial charge in [0.05, 0.1) is 30.6 Å². The average molecular weight is 422 g/mol. The van der Waals surface area contributed by atoms with Crippen LogP contribution in [-0.2, 0) is 11.8 Å². The summed E-state index contributed by atoms with van der Waals surface area (Å²) in [5.41, 5.74) is 3.46. The number of aryl methyl sites for hydroxylation is 1. The molecule has 1 aliphatic heterocycles. The molecule has 3 aromatic rings. The molecule has 8 heteroatoms. The van der Waals surface area contributed by atoms with E-state index in [1.54, 1.807) is 13.3 Å². The van der Waals surface area contributed by atoms with Crippen molar-refractivity contribution in [1.82, 2.24) is 14.9 Å². The van der Waals surface area contributed by atoms with E-state index in [1.807, 2.05) is 54.2 Å². The normalized spacial score (nSPS) is 18.2. The van der Waals surface area contributed by atoms with Crippen molar-refractivity contribution in [2.75, 3.05) is 17.3 Å². The number of hydrogen-bond acceptors (Lipinski definition) is 4. The Morgan fingerprint density at radius 2 is 2.10 bits per heavy atom. The standard InChI is InChI=1S/C22H23N5O2S/c1-14(28)24-18-12-16(7-8-19(18)29-3)27-21(15-9-11-26(2)13-15)20(25-22(27)30)17-6-4-5-10-23-17/h4-13,20-21H,1-3H3,(H,24,28)(H,25,30)/t20-,21+/m1/s1. The van der Waals surface area contributed by atoms with Gasteiger partial charge >= 0.3 is 0 Å². The Kier molecular flexibility index (Phi) is 5.41. The molecule has 7 nitrogen and oxygen atoms in total. The third-order valence-corrected chi connectivity index (χ3v) is 5.38. The van der Waals surface area contributed by atoms with Crippen molar-refractivity contribution in [1.29, 1.82) is 0 Å². The van der Waals surface area contributed by atoms with Crippen LogP contribution in [0.2, 0.25) is 0 Å². The van der Waals surface area contributed by atoms with Gasteiger partial charge in [0.25, 0.3) is 0 Å². The second kappa shape index (κ2) is 8.16. The molecule has 1 amide bonds. The Morgan fingerprint density at radius 1 is 1.27 bits per heavy atom. The SMILES string of the molecule is COc1ccc(N2C(=S)N[C@H](c3ccccn3)[C@@H]2c2ccn(C)c2)cc1NC(C)=O. The lowest BCUT2D eigenvalue weighted by Gasteiger charge is -2.28. The highest BCUT2D eigenvalue weighted by Gasteiger charge is 2.41. The Hall–Kier alpha value is -3.39. The van der Waals surface area contributed by atoms with Crippen molar-refractivity contribution in [2.24, 2.45) is 7.05 Å². The minimum atomic E-state index is -0.168. The number of nitrogens with zero attached hydrogens (tertiary/aromatic N) is 3. The Bertz CT molecular complexity index is 1080. The van der Waals surface area contributed by atoms with E-state index in [0.717, 1.165) is 16.9 Å². The predicted octanol–water partition coefficient (Wildman–Crippen LogP) is 3.56. The van der Waals surface area contributed by atoms with Gasteiger partial charge in [0.15, 0.2) is 5.11 Å². The van der Waals surface area contributed by atoms with Crippen LogP contribution in [0, 0.1) is 0 Å². The first-order valence-corrected chi connectivity index (χ1v) is 9.97. The number of nitrogens with one attached hydrogen (secondary N) is 2. The summed E-state index contributed by atoms with van der Waals surface area (Å²) in [7, 11) is 3.57. The molecule has 0 bridgehead atoms. The zero-order valence-corrected chi connectivity index (χ0v) is 17.8. The summed E-state index contributed by atoms with van der Waals surface area (Å²) in [6, 6.07) is 13.4. The smallest absolute Gasteiger partial charge is 0.221 e. The van der Waals surface area contributed by atoms with Gasteiger partial charge in [0.1, 0.15) is 5.75 Å². The highest BCUT2D eigenvalue weighted by Crippen LogP contribution is 2.43. The second-order valence-electron chi connectivity index (χ2n) is 7.17. The summed E-state index contributed by atoms with van der Waals surface area (Å²) in [5, 5.41) is 6.86. The minimum absolute atomic E-state index is 0.104. The van der Waals surface area contributed by atoms with E-state index in [-0.39, 0.29) is 18.0 Å². The third kappa shape index (κ3) is 3.73. The quantitative estimate of drug-likeness (QED) is 0.614. The monoisotopic (exact) mass is 421 g/mol. The van der Waals surface area contributed by atoms with Gasteiger partial charge < -0.3 is 24.8 Å². The predicted molar refractivity (Wildman–Crippen MR) is 121 cm³/mol. The van der Waals surface area contributed by atoms with Gasteiger partial charge in [-0.15, -0.1) is 0 Å². The first kappa shape index (κ1) is 19.9. The van der Waals surface area contributed by atoms with Crippen LogP contribution in [0.3, 0.4) is 0 Å². The first-order valence-electron chi connectivity index (χ1n) is 9.56. The number of carbonyl (C=O) groups is 1. The molecule has 2 atom stereocenters. The van der Waals surface area contributed by atoms with E-state index in [0.29, 0.717) is 16.5 Å². The van der Waals surface area contributed by atoms with Crippen LogP contribution in [-0.4, -0.2) is 27.7 Å². The molecule has 2 aromatic heterocycles. The van der Waals surface area contributed by atoms with Crippen molar-refractivity contribution in [3.63, 3.8) is 0 Å². The van der Waals surface area contributed by atoms with Crippen LogP contribution in [0.25, 0.3) is 0 Å². The van der Waals surface area contributed by atoms with Crippen LogP contribution in [0.1, 0.15) is 30.3 Å². The number of thiocarbonyl (C=S) groups is 1. The van der Waals surface area contributed by atoms with Crippen molar-refractivity contribution < 1.29 is 9.53 Å². The summed E-state index contributed by atoms with van der Waals surface area (Å²) < 4.78 is 7.42. The lowest BCUT2D eigenvalue weighted by atomic mass is 9.98. The zero-order chi connectivity index (χ0) is 21.3. The van der Waals surface area contributed by atoms with Crippen molar-refractivity contribution in [2.45, 2.75) is 19.0 Å². The summed E-state index contributed by atoms with van der Waals surface area (Å²) in [6.45, 7) is 1.47. The molecule has 1 saturated heterocycles. The molecule has 4 rings (SSSR count). The van der Waals surface area contributed by atoms with Crippen molar-refractivity contribution >= 4 is 34.6 Å². The molecular weight excluding hydrogens is 398 g/mol. The molecule has 154 valence electrons. The van der Waals surface area contributed by atoms with Gasteiger partial charge in [-0.05, 0) is 54.2 Å². The van der Waals surface area contributed by atoms with Crippen molar-refractivity contribution in [3.05, 3.63) is 72.3 Å². The fraction of sp³-hybridized carbons (Fsp3) is 0.227. The largest absolute Gasteiger partial charge is 0.495 e. The van der Waals surface area contributed by atoms with E-state index >= 15 is 0 Å². The Balaban J connectivity index is 1.81. The second-order valence-corrected chi connectivity index (χ2v) is 7.56. The molecule has 2 N–H and O–H groups in total. The number of rotatable bonds is 5. The van der Waals surface area contributed by atoms with E-state index < -0.39 is 0 Å². The number of aromatic nitrogens is 2. The van der Waals surface area contributed by atoms with Crippen LogP contribution in [0.15, 0.2) is 61.1 Å². The molecule has 1 aliphatic rings. The number of benzene rings is 1. The number of carbonyl (C=O) groups excluding carboxylic acids is 1. The van der Waals surface area contributed by atoms with Crippen molar-refractivity contribution in [3.8, 4) is 5.75 Å². The maximum Gasteiger partial charge on any atom is 0.221 e. The van der Waals surface area contributed by atoms with Crippen LogP contribution in [0.4, 0.5) is 11.4 Å². The molecule has 0 aliphatic carbocycles. The number of pyridine rings is 1. The van der Waals surface area contributed by atoms with Gasteiger partial charge in [-0.25, -0.2) is 0 Å². The maximum atomic E-state index is 11.7. The third-order valence-electron chi connectivity index (χ3n) is 5.07. The summed E-state index contributed by atoms with van der Waals surface area (Å²) in [4.78, 5) is 18.3. The van der Waals surface area contributed by atoms with Gasteiger partial charge in [0, 0.05) is 38.2 Å². The van der Waals surface area contributed by atoms with Crippen LogP contribution in [0.5, 0.6) is 5.75 Å². The van der Waals surface area contributed by atoms with E-state index in [1.165, 1.54) is 6.92 Å². The molecule has 0 unspecified atom stereocenters. The summed E-state index contributed by atoms with van der Waals surface area (Å²) in [6.07, 6.45) is 5.88. The molecular formula is C22H23N5O2S. The van der Waals surface area contributed by atoms with Crippen LogP contribution < -0.4 is 20.3 Å². The van der Waals surface area contributed by atoms with E-state index in [2.05, 4.69) is 32.8 Å². The number of amides is 1. The molecule has 30 heavy (non-hydrogen) atoms.